The smallest absolute Gasteiger partial charge is 0.264 e. The molecule has 5 heteroatoms. The fraction of sp³-hybridized carbons (Fsp3) is 0.353. The number of aromatic nitrogens is 1. The Kier molecular flexibility index (Phi) is 3.96. The molecule has 1 aliphatic rings. The van der Waals surface area contributed by atoms with Crippen molar-refractivity contribution >= 4 is 11.5 Å². The number of halogens is 2. The highest BCUT2D eigenvalue weighted by atomic mass is 19.3. The van der Waals surface area contributed by atoms with E-state index in [1.54, 1.807) is 25.4 Å². The second-order valence-corrected chi connectivity index (χ2v) is 5.58. The van der Waals surface area contributed by atoms with Crippen LogP contribution in [0.25, 0.3) is 11.1 Å². The van der Waals surface area contributed by atoms with Gasteiger partial charge in [-0.05, 0) is 48.2 Å². The Morgan fingerprint density at radius 2 is 2.09 bits per heavy atom. The highest BCUT2D eigenvalue weighted by molar-refractivity contribution is 5.74. The van der Waals surface area contributed by atoms with Crippen LogP contribution in [0.4, 0.5) is 20.3 Å². The first-order valence-electron chi connectivity index (χ1n) is 7.40. The molecular weight excluding hydrogens is 284 g/mol. The maximum Gasteiger partial charge on any atom is 0.264 e. The van der Waals surface area contributed by atoms with E-state index in [1.165, 1.54) is 0 Å². The number of hydrogen-bond donors (Lipinski definition) is 1. The van der Waals surface area contributed by atoms with E-state index >= 15 is 0 Å². The Labute approximate surface area is 129 Å². The zero-order chi connectivity index (χ0) is 15.7. The lowest BCUT2D eigenvalue weighted by Gasteiger charge is -2.29. The topological polar surface area (TPSA) is 28.2 Å². The minimum absolute atomic E-state index is 0.0755. The average molecular weight is 303 g/mol. The largest absolute Gasteiger partial charge is 0.374 e. The molecule has 1 N–H and O–H groups in total. The van der Waals surface area contributed by atoms with Crippen molar-refractivity contribution in [2.75, 3.05) is 30.9 Å². The maximum absolute atomic E-state index is 13.5. The second kappa shape index (κ2) is 5.91. The molecule has 1 aliphatic heterocycles. The minimum Gasteiger partial charge on any atom is -0.374 e. The van der Waals surface area contributed by atoms with E-state index in [1.807, 2.05) is 19.2 Å². The number of aryl methyl sites for hydroxylation is 1. The Balaban J connectivity index is 2.12. The molecule has 0 bridgehead atoms. The predicted molar refractivity (Wildman–Crippen MR) is 85.8 cm³/mol. The monoisotopic (exact) mass is 303 g/mol. The average Bonchev–Trinajstić information content (AvgIpc) is 2.54. The van der Waals surface area contributed by atoms with Crippen molar-refractivity contribution in [1.82, 2.24) is 4.98 Å². The summed E-state index contributed by atoms with van der Waals surface area (Å²) in [6, 6.07) is 7.18. The summed E-state index contributed by atoms with van der Waals surface area (Å²) in [5, 5.41) is 2.93. The van der Waals surface area contributed by atoms with Gasteiger partial charge in [0.05, 0.1) is 0 Å². The molecule has 116 valence electrons. The SMILES string of the molecule is CNc1ccc(-c2cc3c(cc2C(F)F)N(C)CCC3)cn1. The van der Waals surface area contributed by atoms with Gasteiger partial charge in [-0.2, -0.15) is 0 Å². The number of anilines is 2. The van der Waals surface area contributed by atoms with E-state index in [0.717, 1.165) is 42.0 Å². The Bertz CT molecular complexity index is 668. The van der Waals surface area contributed by atoms with Crippen LogP contribution in [0.3, 0.4) is 0 Å². The molecule has 0 spiro atoms. The zero-order valence-electron chi connectivity index (χ0n) is 12.7. The van der Waals surface area contributed by atoms with Crippen LogP contribution in [0, 0.1) is 0 Å². The van der Waals surface area contributed by atoms with Gasteiger partial charge in [0.25, 0.3) is 6.43 Å². The highest BCUT2D eigenvalue weighted by Gasteiger charge is 2.21. The molecule has 0 unspecified atom stereocenters. The van der Waals surface area contributed by atoms with Crippen molar-refractivity contribution in [3.05, 3.63) is 41.6 Å². The number of nitrogens with one attached hydrogen (secondary N) is 1. The fourth-order valence-electron chi connectivity index (χ4n) is 2.96. The Morgan fingerprint density at radius 1 is 1.27 bits per heavy atom. The summed E-state index contributed by atoms with van der Waals surface area (Å²) < 4.78 is 27.0. The standard InChI is InChI=1S/C17H19F2N3/c1-20-16-6-5-12(10-21-16)13-8-11-4-3-7-22(2)15(11)9-14(13)17(18)19/h5-6,8-10,17H,3-4,7H2,1-2H3,(H,20,21). The van der Waals surface area contributed by atoms with Gasteiger partial charge in [-0.25, -0.2) is 13.8 Å². The predicted octanol–water partition coefficient (Wildman–Crippen LogP) is 4.11. The quantitative estimate of drug-likeness (QED) is 0.925. The van der Waals surface area contributed by atoms with Gasteiger partial charge in [0, 0.05) is 43.7 Å². The van der Waals surface area contributed by atoms with E-state index in [4.69, 9.17) is 0 Å². The number of fused-ring (bicyclic) bond motifs is 1. The molecule has 3 nitrogen and oxygen atoms in total. The molecule has 1 aromatic heterocycles. The molecule has 3 rings (SSSR count). The third kappa shape index (κ3) is 2.63. The first-order valence-corrected chi connectivity index (χ1v) is 7.40. The third-order valence-electron chi connectivity index (χ3n) is 4.17. The first-order chi connectivity index (χ1) is 10.6. The fourth-order valence-corrected chi connectivity index (χ4v) is 2.96. The van der Waals surface area contributed by atoms with Crippen molar-refractivity contribution in [2.45, 2.75) is 19.3 Å². The van der Waals surface area contributed by atoms with Crippen LogP contribution in [0.5, 0.6) is 0 Å². The summed E-state index contributed by atoms with van der Waals surface area (Å²) in [5.41, 5.74) is 3.44. The van der Waals surface area contributed by atoms with Crippen LogP contribution < -0.4 is 10.2 Å². The van der Waals surface area contributed by atoms with Crippen molar-refractivity contribution in [2.24, 2.45) is 0 Å². The lowest BCUT2D eigenvalue weighted by molar-refractivity contribution is 0.152. The number of nitrogens with zero attached hydrogens (tertiary/aromatic N) is 2. The van der Waals surface area contributed by atoms with Gasteiger partial charge in [-0.1, -0.05) is 0 Å². The summed E-state index contributed by atoms with van der Waals surface area (Å²) in [5.74, 6) is 0.722. The van der Waals surface area contributed by atoms with Gasteiger partial charge in [0.2, 0.25) is 0 Å². The van der Waals surface area contributed by atoms with E-state index < -0.39 is 6.43 Å². The number of pyridine rings is 1. The number of alkyl halides is 2. The minimum atomic E-state index is -2.50. The molecule has 0 atom stereocenters. The van der Waals surface area contributed by atoms with Crippen molar-refractivity contribution in [3.63, 3.8) is 0 Å². The summed E-state index contributed by atoms with van der Waals surface area (Å²) >= 11 is 0. The summed E-state index contributed by atoms with van der Waals surface area (Å²) in [6.45, 7) is 0.910. The highest BCUT2D eigenvalue weighted by Crippen LogP contribution is 2.38. The van der Waals surface area contributed by atoms with Crippen LogP contribution in [-0.4, -0.2) is 25.6 Å². The molecule has 2 heterocycles. The van der Waals surface area contributed by atoms with Gasteiger partial charge < -0.3 is 10.2 Å². The molecule has 1 aromatic carbocycles. The number of rotatable bonds is 3. The second-order valence-electron chi connectivity index (χ2n) is 5.58. The Morgan fingerprint density at radius 3 is 2.73 bits per heavy atom. The van der Waals surface area contributed by atoms with Crippen LogP contribution in [0.15, 0.2) is 30.5 Å². The van der Waals surface area contributed by atoms with Gasteiger partial charge in [-0.3, -0.25) is 0 Å². The lowest BCUT2D eigenvalue weighted by atomic mass is 9.93. The first kappa shape index (κ1) is 14.8. The van der Waals surface area contributed by atoms with Crippen LogP contribution >= 0.6 is 0 Å². The molecule has 0 saturated heterocycles. The van der Waals surface area contributed by atoms with Crippen LogP contribution in [0.2, 0.25) is 0 Å². The summed E-state index contributed by atoms with van der Waals surface area (Å²) in [7, 11) is 3.73. The van der Waals surface area contributed by atoms with Crippen LogP contribution in [-0.2, 0) is 6.42 Å². The molecule has 0 fully saturated rings. The van der Waals surface area contributed by atoms with Crippen molar-refractivity contribution < 1.29 is 8.78 Å². The Hall–Kier alpha value is -2.17. The maximum atomic E-state index is 13.5. The molecular formula is C17H19F2N3. The van der Waals surface area contributed by atoms with Crippen LogP contribution in [0.1, 0.15) is 24.0 Å². The van der Waals surface area contributed by atoms with Gasteiger partial charge >= 0.3 is 0 Å². The van der Waals surface area contributed by atoms with Gasteiger partial charge in [0.15, 0.2) is 0 Å². The lowest BCUT2D eigenvalue weighted by Crippen LogP contribution is -2.25. The molecule has 22 heavy (non-hydrogen) atoms. The normalized spacial score (nSPS) is 14.1. The summed E-state index contributed by atoms with van der Waals surface area (Å²) in [6.07, 6.45) is 1.12. The number of hydrogen-bond acceptors (Lipinski definition) is 3. The molecule has 0 amide bonds. The van der Waals surface area contributed by atoms with Crippen molar-refractivity contribution in [3.8, 4) is 11.1 Å². The molecule has 2 aromatic rings. The number of benzene rings is 1. The van der Waals surface area contributed by atoms with E-state index in [2.05, 4.69) is 15.2 Å². The van der Waals surface area contributed by atoms with Gasteiger partial charge in [0.1, 0.15) is 5.82 Å². The summed E-state index contributed by atoms with van der Waals surface area (Å²) in [4.78, 5) is 6.29. The van der Waals surface area contributed by atoms with Crippen molar-refractivity contribution in [1.29, 1.82) is 0 Å². The zero-order valence-corrected chi connectivity index (χ0v) is 12.7. The molecule has 0 radical (unpaired) electrons. The van der Waals surface area contributed by atoms with Gasteiger partial charge in [-0.15, -0.1) is 0 Å². The van der Waals surface area contributed by atoms with E-state index in [0.29, 0.717) is 5.56 Å². The van der Waals surface area contributed by atoms with E-state index in [9.17, 15) is 8.78 Å². The molecule has 0 saturated carbocycles. The molecule has 0 aliphatic carbocycles. The van der Waals surface area contributed by atoms with E-state index in [-0.39, 0.29) is 5.56 Å². The third-order valence-corrected chi connectivity index (χ3v) is 4.17.